The highest BCUT2D eigenvalue weighted by molar-refractivity contribution is 6.11. The zero-order chi connectivity index (χ0) is 30.6. The molecule has 0 atom stereocenters. The maximum Gasteiger partial charge on any atom is 0.143 e. The normalized spacial score (nSPS) is 13.6. The van der Waals surface area contributed by atoms with E-state index in [1.807, 2.05) is 36.4 Å². The van der Waals surface area contributed by atoms with Crippen LogP contribution in [0, 0.1) is 0 Å². The molecule has 0 saturated carbocycles. The molecule has 1 aromatic heterocycles. The molecule has 216 valence electrons. The van der Waals surface area contributed by atoms with Crippen LogP contribution in [0.5, 0.6) is 0 Å². The lowest BCUT2D eigenvalue weighted by molar-refractivity contribution is 0.665. The molecule has 0 saturated heterocycles. The van der Waals surface area contributed by atoms with Crippen molar-refractivity contribution in [3.05, 3.63) is 188 Å². The number of hydrogen-bond donors (Lipinski definition) is 0. The molecule has 5 aromatic carbocycles. The summed E-state index contributed by atoms with van der Waals surface area (Å²) in [7, 11) is 0. The number of fused-ring (bicyclic) bond motifs is 5. The lowest BCUT2D eigenvalue weighted by Crippen LogP contribution is -2.08. The molecule has 45 heavy (non-hydrogen) atoms. The van der Waals surface area contributed by atoms with Gasteiger partial charge in [-0.3, -0.25) is 0 Å². The van der Waals surface area contributed by atoms with Gasteiger partial charge in [-0.1, -0.05) is 128 Å². The average Bonchev–Trinajstić information content (AvgIpc) is 3.43. The number of rotatable bonds is 9. The van der Waals surface area contributed by atoms with Crippen LogP contribution < -0.4 is 4.90 Å². The lowest BCUT2D eigenvalue weighted by Gasteiger charge is -2.22. The lowest BCUT2D eigenvalue weighted by atomic mass is 9.81. The van der Waals surface area contributed by atoms with Crippen molar-refractivity contribution in [3.63, 3.8) is 0 Å². The van der Waals surface area contributed by atoms with Crippen LogP contribution >= 0.6 is 0 Å². The summed E-state index contributed by atoms with van der Waals surface area (Å²) in [6.07, 6.45) is 18.8. The molecule has 6 aromatic rings. The Morgan fingerprint density at radius 3 is 2.13 bits per heavy atom. The minimum absolute atomic E-state index is 0.906. The largest absolute Gasteiger partial charge is 0.455 e. The van der Waals surface area contributed by atoms with Crippen LogP contribution in [0.2, 0.25) is 0 Å². The third kappa shape index (κ3) is 5.50. The van der Waals surface area contributed by atoms with E-state index in [2.05, 4.69) is 133 Å². The fourth-order valence-corrected chi connectivity index (χ4v) is 6.02. The predicted molar refractivity (Wildman–Crippen MR) is 193 cm³/mol. The SMILES string of the molecule is C=C/C=C\C=C/N(c1ccc(-c2ccccc2)cc1)c1cccc(-c2ccc3oc4c5c(ccc4c3c2)C/C5=C\C=C/C=C)c1. The molecule has 1 aliphatic rings. The Kier molecular flexibility index (Phi) is 7.70. The van der Waals surface area contributed by atoms with Gasteiger partial charge in [-0.15, -0.1) is 0 Å². The van der Waals surface area contributed by atoms with Crippen LogP contribution in [0.4, 0.5) is 11.4 Å². The fourth-order valence-electron chi connectivity index (χ4n) is 6.02. The number of benzene rings is 5. The zero-order valence-corrected chi connectivity index (χ0v) is 25.1. The molecule has 0 amide bonds. The Hall–Kier alpha value is -5.86. The van der Waals surface area contributed by atoms with Crippen molar-refractivity contribution < 1.29 is 4.42 Å². The molecule has 0 N–H and O–H groups in total. The van der Waals surface area contributed by atoms with Gasteiger partial charge in [0.05, 0.1) is 0 Å². The third-order valence-electron chi connectivity index (χ3n) is 8.28. The standard InChI is InChI=1S/C43H33NO/c1-3-5-7-12-27-44(37-23-19-32(20-24-37)31-14-10-8-11-15-31)38-18-13-17-33(29-38)34-22-26-41-40(30-34)39-25-21-36-28-35(16-9-6-4-2)42(36)43(39)45-41/h3-27,29-30H,1-2,28H2/b7-5-,9-6-,27-12-,35-16+. The van der Waals surface area contributed by atoms with Crippen molar-refractivity contribution >= 4 is 38.9 Å². The highest BCUT2D eigenvalue weighted by Gasteiger charge is 2.25. The summed E-state index contributed by atoms with van der Waals surface area (Å²) in [6.45, 7) is 7.57. The monoisotopic (exact) mass is 579 g/mol. The molecule has 0 spiro atoms. The second-order valence-electron chi connectivity index (χ2n) is 11.1. The van der Waals surface area contributed by atoms with Crippen molar-refractivity contribution in [2.24, 2.45) is 0 Å². The van der Waals surface area contributed by atoms with Crippen LogP contribution in [-0.4, -0.2) is 0 Å². The summed E-state index contributed by atoms with van der Waals surface area (Å²) < 4.78 is 6.45. The van der Waals surface area contributed by atoms with E-state index in [1.165, 1.54) is 27.8 Å². The summed E-state index contributed by atoms with van der Waals surface area (Å²) in [4.78, 5) is 2.21. The van der Waals surface area contributed by atoms with E-state index in [0.29, 0.717) is 0 Å². The first kappa shape index (κ1) is 27.9. The number of allylic oxidation sites excluding steroid dienone is 9. The molecular weight excluding hydrogens is 546 g/mol. The van der Waals surface area contributed by atoms with Gasteiger partial charge in [0.1, 0.15) is 11.2 Å². The van der Waals surface area contributed by atoms with E-state index < -0.39 is 0 Å². The number of anilines is 2. The fraction of sp³-hybridized carbons (Fsp3) is 0.0233. The molecular formula is C43H33NO. The topological polar surface area (TPSA) is 16.4 Å². The molecule has 2 heteroatoms. The molecule has 0 radical (unpaired) electrons. The smallest absolute Gasteiger partial charge is 0.143 e. The summed E-state index contributed by atoms with van der Waals surface area (Å²) in [6, 6.07) is 38.8. The van der Waals surface area contributed by atoms with Crippen LogP contribution in [0.15, 0.2) is 182 Å². The van der Waals surface area contributed by atoms with Gasteiger partial charge in [-0.25, -0.2) is 0 Å². The van der Waals surface area contributed by atoms with Gasteiger partial charge < -0.3 is 9.32 Å². The highest BCUT2D eigenvalue weighted by Crippen LogP contribution is 2.44. The van der Waals surface area contributed by atoms with Crippen LogP contribution in [-0.2, 0) is 6.42 Å². The molecule has 1 aliphatic carbocycles. The quantitative estimate of drug-likeness (QED) is 0.158. The Morgan fingerprint density at radius 2 is 1.31 bits per heavy atom. The Labute approximate surface area is 264 Å². The van der Waals surface area contributed by atoms with Crippen LogP contribution in [0.3, 0.4) is 0 Å². The molecule has 2 nitrogen and oxygen atoms in total. The number of hydrogen-bond acceptors (Lipinski definition) is 2. The minimum atomic E-state index is 0.906. The molecule has 0 aliphatic heterocycles. The Morgan fingerprint density at radius 1 is 0.578 bits per heavy atom. The predicted octanol–water partition coefficient (Wildman–Crippen LogP) is 12.0. The van der Waals surface area contributed by atoms with Crippen molar-refractivity contribution in [3.8, 4) is 22.3 Å². The van der Waals surface area contributed by atoms with E-state index in [-0.39, 0.29) is 0 Å². The van der Waals surface area contributed by atoms with Gasteiger partial charge in [0.25, 0.3) is 0 Å². The molecule has 7 rings (SSSR count). The second-order valence-corrected chi connectivity index (χ2v) is 11.1. The first-order chi connectivity index (χ1) is 22.2. The highest BCUT2D eigenvalue weighted by atomic mass is 16.3. The summed E-state index contributed by atoms with van der Waals surface area (Å²) in [5.74, 6) is 0. The van der Waals surface area contributed by atoms with Gasteiger partial charge in [-0.05, 0) is 82.3 Å². The number of nitrogens with zero attached hydrogens (tertiary/aromatic N) is 1. The molecule has 0 bridgehead atoms. The van der Waals surface area contributed by atoms with E-state index in [4.69, 9.17) is 4.42 Å². The molecule has 1 heterocycles. The van der Waals surface area contributed by atoms with Gasteiger partial charge in [-0.2, -0.15) is 0 Å². The summed E-state index contributed by atoms with van der Waals surface area (Å²) >= 11 is 0. The van der Waals surface area contributed by atoms with Crippen molar-refractivity contribution in [1.82, 2.24) is 0 Å². The van der Waals surface area contributed by atoms with Gasteiger partial charge in [0.15, 0.2) is 0 Å². The summed E-state index contributed by atoms with van der Waals surface area (Å²) in [5.41, 5.74) is 12.6. The Balaban J connectivity index is 1.26. The minimum Gasteiger partial charge on any atom is -0.455 e. The first-order valence-corrected chi connectivity index (χ1v) is 15.2. The average molecular weight is 580 g/mol. The van der Waals surface area contributed by atoms with E-state index >= 15 is 0 Å². The van der Waals surface area contributed by atoms with E-state index in [0.717, 1.165) is 50.9 Å². The van der Waals surface area contributed by atoms with E-state index in [1.54, 1.807) is 12.2 Å². The maximum absolute atomic E-state index is 6.45. The van der Waals surface area contributed by atoms with Gasteiger partial charge in [0, 0.05) is 33.9 Å². The van der Waals surface area contributed by atoms with Crippen LogP contribution in [0.25, 0.3) is 49.8 Å². The summed E-state index contributed by atoms with van der Waals surface area (Å²) in [5, 5.41) is 2.28. The molecule has 0 fully saturated rings. The van der Waals surface area contributed by atoms with Crippen molar-refractivity contribution in [2.45, 2.75) is 6.42 Å². The number of furan rings is 1. The zero-order valence-electron chi connectivity index (χ0n) is 25.1. The van der Waals surface area contributed by atoms with Crippen molar-refractivity contribution in [1.29, 1.82) is 0 Å². The van der Waals surface area contributed by atoms with Crippen molar-refractivity contribution in [2.75, 3.05) is 4.90 Å². The maximum atomic E-state index is 6.45. The van der Waals surface area contributed by atoms with Gasteiger partial charge >= 0.3 is 0 Å². The first-order valence-electron chi connectivity index (χ1n) is 15.2. The molecule has 0 unspecified atom stereocenters. The second kappa shape index (κ2) is 12.4. The van der Waals surface area contributed by atoms with Crippen LogP contribution in [0.1, 0.15) is 11.1 Å². The Bertz CT molecular complexity index is 2150. The third-order valence-corrected chi connectivity index (χ3v) is 8.28. The van der Waals surface area contributed by atoms with E-state index in [9.17, 15) is 0 Å². The van der Waals surface area contributed by atoms with Gasteiger partial charge in [0.2, 0.25) is 0 Å².